The maximum absolute atomic E-state index is 4.38. The molecule has 2 rings (SSSR count). The Labute approximate surface area is 99.4 Å². The third-order valence-electron chi connectivity index (χ3n) is 2.94. The van der Waals surface area contributed by atoms with Crippen LogP contribution in [0.2, 0.25) is 0 Å². The van der Waals surface area contributed by atoms with E-state index in [0.29, 0.717) is 6.04 Å². The van der Waals surface area contributed by atoms with Crippen LogP contribution in [0.15, 0.2) is 10.7 Å². The Bertz CT molecular complexity index is 331. The third-order valence-corrected chi connectivity index (χ3v) is 3.56. The SMILES string of the molecule is CCNC(c1c(Br)cnn1CC)C1CC1. The quantitative estimate of drug-likeness (QED) is 0.893. The van der Waals surface area contributed by atoms with Gasteiger partial charge in [0, 0.05) is 6.54 Å². The zero-order valence-corrected chi connectivity index (χ0v) is 10.9. The number of halogens is 1. The van der Waals surface area contributed by atoms with Crippen molar-refractivity contribution in [2.45, 2.75) is 39.3 Å². The normalized spacial score (nSPS) is 18.1. The number of aromatic nitrogens is 2. The van der Waals surface area contributed by atoms with Crippen molar-refractivity contribution < 1.29 is 0 Å². The second-order valence-corrected chi connectivity index (χ2v) is 4.92. The largest absolute Gasteiger partial charge is 0.309 e. The van der Waals surface area contributed by atoms with E-state index in [1.807, 2.05) is 6.20 Å². The molecule has 0 amide bonds. The molecule has 1 atom stereocenters. The molecule has 0 aromatic carbocycles. The van der Waals surface area contributed by atoms with Gasteiger partial charge in [-0.25, -0.2) is 0 Å². The van der Waals surface area contributed by atoms with Gasteiger partial charge in [-0.1, -0.05) is 6.92 Å². The van der Waals surface area contributed by atoms with Crippen LogP contribution in [0.5, 0.6) is 0 Å². The molecule has 1 saturated carbocycles. The highest BCUT2D eigenvalue weighted by Gasteiger charge is 2.34. The topological polar surface area (TPSA) is 29.9 Å². The Hall–Kier alpha value is -0.350. The highest BCUT2D eigenvalue weighted by Crippen LogP contribution is 2.42. The van der Waals surface area contributed by atoms with E-state index in [-0.39, 0.29) is 0 Å². The fourth-order valence-electron chi connectivity index (χ4n) is 2.07. The molecular weight excluding hydrogens is 254 g/mol. The van der Waals surface area contributed by atoms with E-state index in [0.717, 1.165) is 23.5 Å². The molecule has 1 aliphatic carbocycles. The first-order valence-electron chi connectivity index (χ1n) is 5.72. The molecule has 0 bridgehead atoms. The summed E-state index contributed by atoms with van der Waals surface area (Å²) >= 11 is 3.60. The summed E-state index contributed by atoms with van der Waals surface area (Å²) in [5.74, 6) is 0.809. The van der Waals surface area contributed by atoms with Crippen molar-refractivity contribution in [1.82, 2.24) is 15.1 Å². The van der Waals surface area contributed by atoms with E-state index < -0.39 is 0 Å². The molecule has 0 spiro atoms. The fraction of sp³-hybridized carbons (Fsp3) is 0.727. The Morgan fingerprint density at radius 1 is 1.60 bits per heavy atom. The maximum atomic E-state index is 4.38. The van der Waals surface area contributed by atoms with Gasteiger partial charge in [-0.3, -0.25) is 4.68 Å². The molecule has 3 nitrogen and oxygen atoms in total. The van der Waals surface area contributed by atoms with Gasteiger partial charge in [0.25, 0.3) is 0 Å². The summed E-state index contributed by atoms with van der Waals surface area (Å²) in [4.78, 5) is 0. The van der Waals surface area contributed by atoms with E-state index in [4.69, 9.17) is 0 Å². The van der Waals surface area contributed by atoms with Crippen LogP contribution in [0.3, 0.4) is 0 Å². The molecule has 0 aliphatic heterocycles. The average molecular weight is 272 g/mol. The third kappa shape index (κ3) is 2.26. The van der Waals surface area contributed by atoms with Gasteiger partial charge in [0.15, 0.2) is 0 Å². The van der Waals surface area contributed by atoms with Gasteiger partial charge in [0.1, 0.15) is 0 Å². The standard InChI is InChI=1S/C11H18BrN3/c1-3-13-10(8-5-6-8)11-9(12)7-14-15(11)4-2/h7-8,10,13H,3-6H2,1-2H3. The molecule has 15 heavy (non-hydrogen) atoms. The first-order valence-corrected chi connectivity index (χ1v) is 6.51. The molecule has 1 heterocycles. The van der Waals surface area contributed by atoms with Crippen molar-refractivity contribution >= 4 is 15.9 Å². The van der Waals surface area contributed by atoms with Crippen LogP contribution in [0.4, 0.5) is 0 Å². The fourth-order valence-corrected chi connectivity index (χ4v) is 2.61. The Balaban J connectivity index is 2.26. The van der Waals surface area contributed by atoms with E-state index in [9.17, 15) is 0 Å². The Morgan fingerprint density at radius 2 is 2.33 bits per heavy atom. The van der Waals surface area contributed by atoms with Gasteiger partial charge < -0.3 is 5.32 Å². The molecule has 0 radical (unpaired) electrons. The summed E-state index contributed by atoms with van der Waals surface area (Å²) in [7, 11) is 0. The monoisotopic (exact) mass is 271 g/mol. The first kappa shape index (κ1) is 11.1. The highest BCUT2D eigenvalue weighted by molar-refractivity contribution is 9.10. The lowest BCUT2D eigenvalue weighted by Crippen LogP contribution is -2.25. The molecule has 1 unspecified atom stereocenters. The molecule has 1 aliphatic rings. The summed E-state index contributed by atoms with van der Waals surface area (Å²) in [5, 5.41) is 7.95. The molecule has 1 aromatic rings. The number of aryl methyl sites for hydroxylation is 1. The molecule has 1 fully saturated rings. The predicted octanol–water partition coefficient (Wildman–Crippen LogP) is 2.73. The van der Waals surface area contributed by atoms with Gasteiger partial charge in [0.2, 0.25) is 0 Å². The summed E-state index contributed by atoms with van der Waals surface area (Å²) in [5.41, 5.74) is 1.32. The van der Waals surface area contributed by atoms with Crippen LogP contribution in [-0.4, -0.2) is 16.3 Å². The zero-order valence-electron chi connectivity index (χ0n) is 9.33. The van der Waals surface area contributed by atoms with Gasteiger partial charge in [-0.05, 0) is 48.2 Å². The van der Waals surface area contributed by atoms with E-state index in [1.165, 1.54) is 18.5 Å². The number of nitrogens with zero attached hydrogens (tertiary/aromatic N) is 2. The minimum Gasteiger partial charge on any atom is -0.309 e. The van der Waals surface area contributed by atoms with Gasteiger partial charge >= 0.3 is 0 Å². The first-order chi connectivity index (χ1) is 7.27. The lowest BCUT2D eigenvalue weighted by molar-refractivity contribution is 0.449. The highest BCUT2D eigenvalue weighted by atomic mass is 79.9. The average Bonchev–Trinajstić information content (AvgIpc) is 3.00. The van der Waals surface area contributed by atoms with Crippen LogP contribution < -0.4 is 5.32 Å². The smallest absolute Gasteiger partial charge is 0.0698 e. The minimum atomic E-state index is 0.479. The molecule has 4 heteroatoms. The Kier molecular flexibility index (Phi) is 3.46. The van der Waals surface area contributed by atoms with Crippen molar-refractivity contribution in [2.75, 3.05) is 6.54 Å². The minimum absolute atomic E-state index is 0.479. The summed E-state index contributed by atoms with van der Waals surface area (Å²) in [6, 6.07) is 0.479. The lowest BCUT2D eigenvalue weighted by Gasteiger charge is -2.19. The molecule has 0 saturated heterocycles. The van der Waals surface area contributed by atoms with Crippen molar-refractivity contribution in [2.24, 2.45) is 5.92 Å². The second-order valence-electron chi connectivity index (χ2n) is 4.07. The van der Waals surface area contributed by atoms with Crippen LogP contribution >= 0.6 is 15.9 Å². The van der Waals surface area contributed by atoms with Crippen molar-refractivity contribution in [3.8, 4) is 0 Å². The van der Waals surface area contributed by atoms with E-state index in [2.05, 4.69) is 44.9 Å². The van der Waals surface area contributed by atoms with Crippen LogP contribution in [0.25, 0.3) is 0 Å². The number of rotatable bonds is 5. The van der Waals surface area contributed by atoms with Gasteiger partial charge in [-0.2, -0.15) is 5.10 Å². The molecular formula is C11H18BrN3. The van der Waals surface area contributed by atoms with Crippen molar-refractivity contribution in [3.05, 3.63) is 16.4 Å². The summed E-state index contributed by atoms with van der Waals surface area (Å²) < 4.78 is 3.23. The van der Waals surface area contributed by atoms with Crippen LogP contribution in [-0.2, 0) is 6.54 Å². The molecule has 1 aromatic heterocycles. The van der Waals surface area contributed by atoms with Gasteiger partial charge in [-0.15, -0.1) is 0 Å². The van der Waals surface area contributed by atoms with Crippen LogP contribution in [0.1, 0.15) is 38.4 Å². The molecule has 84 valence electrons. The number of nitrogens with one attached hydrogen (secondary N) is 1. The van der Waals surface area contributed by atoms with E-state index >= 15 is 0 Å². The lowest BCUT2D eigenvalue weighted by atomic mass is 10.1. The molecule has 1 N–H and O–H groups in total. The maximum Gasteiger partial charge on any atom is 0.0698 e. The number of hydrogen-bond acceptors (Lipinski definition) is 2. The van der Waals surface area contributed by atoms with Crippen molar-refractivity contribution in [1.29, 1.82) is 0 Å². The number of hydrogen-bond donors (Lipinski definition) is 1. The second kappa shape index (κ2) is 4.66. The summed E-state index contributed by atoms with van der Waals surface area (Å²) in [6.45, 7) is 6.26. The van der Waals surface area contributed by atoms with Crippen LogP contribution in [0, 0.1) is 5.92 Å². The summed E-state index contributed by atoms with van der Waals surface area (Å²) in [6.07, 6.45) is 4.60. The predicted molar refractivity (Wildman–Crippen MR) is 64.7 cm³/mol. The van der Waals surface area contributed by atoms with Gasteiger partial charge in [0.05, 0.1) is 22.4 Å². The Morgan fingerprint density at radius 3 is 2.87 bits per heavy atom. The van der Waals surface area contributed by atoms with Crippen molar-refractivity contribution in [3.63, 3.8) is 0 Å². The zero-order chi connectivity index (χ0) is 10.8. The van der Waals surface area contributed by atoms with E-state index in [1.54, 1.807) is 0 Å².